The van der Waals surface area contributed by atoms with Gasteiger partial charge >= 0.3 is 5.97 Å². The van der Waals surface area contributed by atoms with Crippen molar-refractivity contribution in [2.45, 2.75) is 32.3 Å². The fraction of sp³-hybridized carbons (Fsp3) is 0.367. The monoisotopic (exact) mass is 519 g/mol. The number of thiophene rings is 1. The van der Waals surface area contributed by atoms with Gasteiger partial charge in [0.1, 0.15) is 22.1 Å². The Morgan fingerprint density at radius 1 is 1.11 bits per heavy atom. The van der Waals surface area contributed by atoms with Gasteiger partial charge < -0.3 is 24.2 Å². The van der Waals surface area contributed by atoms with Gasteiger partial charge in [0.15, 0.2) is 0 Å². The highest BCUT2D eigenvalue weighted by atomic mass is 32.1. The molecular formula is C30H33NO5S. The molecule has 3 aromatic rings. The third-order valence-electron chi connectivity index (χ3n) is 7.04. The standard InChI is InChI=1S/C30H33NO5S/c1-20-18-23(8-11-26(20)35-17-16-31-14-4-3-5-15-31)36-29-24-10-7-22(34-2)19-21(24)6-9-25(29)27-12-13-28(37-27)30(32)33/h6-13,18-20,26H,3-5,14-17H2,1-2H3,(H,32,33). The van der Waals surface area contributed by atoms with Crippen LogP contribution in [-0.2, 0) is 4.74 Å². The molecule has 0 radical (unpaired) electrons. The van der Waals surface area contributed by atoms with Crippen molar-refractivity contribution in [1.29, 1.82) is 0 Å². The summed E-state index contributed by atoms with van der Waals surface area (Å²) in [5.41, 5.74) is 0.858. The van der Waals surface area contributed by atoms with Gasteiger partial charge in [-0.05, 0) is 79.9 Å². The molecule has 0 amide bonds. The third kappa shape index (κ3) is 5.90. The van der Waals surface area contributed by atoms with Crippen LogP contribution in [0.1, 0.15) is 35.9 Å². The summed E-state index contributed by atoms with van der Waals surface area (Å²) in [5, 5.41) is 11.3. The first kappa shape index (κ1) is 25.5. The van der Waals surface area contributed by atoms with Crippen molar-refractivity contribution in [2.75, 3.05) is 33.4 Å². The molecule has 37 heavy (non-hydrogen) atoms. The smallest absolute Gasteiger partial charge is 0.345 e. The SMILES string of the molecule is COc1ccc2c(OC3=CC(C)C(OCCN4CCCCC4)C=C3)c(-c3ccc(C(=O)O)s3)ccc2c1. The van der Waals surface area contributed by atoms with Crippen molar-refractivity contribution in [3.05, 3.63) is 71.3 Å². The molecule has 1 saturated heterocycles. The zero-order valence-corrected chi connectivity index (χ0v) is 22.1. The number of fused-ring (bicyclic) bond motifs is 1. The van der Waals surface area contributed by atoms with E-state index in [2.05, 4.69) is 24.0 Å². The number of likely N-dealkylation sites (tertiary alicyclic amines) is 1. The van der Waals surface area contributed by atoms with Crippen molar-refractivity contribution < 1.29 is 24.1 Å². The van der Waals surface area contributed by atoms with Crippen molar-refractivity contribution in [3.8, 4) is 21.9 Å². The Bertz CT molecular complexity index is 1320. The zero-order chi connectivity index (χ0) is 25.8. The van der Waals surface area contributed by atoms with E-state index in [-0.39, 0.29) is 12.0 Å². The number of hydrogen-bond acceptors (Lipinski definition) is 6. The summed E-state index contributed by atoms with van der Waals surface area (Å²) in [6.45, 7) is 6.20. The largest absolute Gasteiger partial charge is 0.497 e. The van der Waals surface area contributed by atoms with E-state index in [1.54, 1.807) is 13.2 Å². The summed E-state index contributed by atoms with van der Waals surface area (Å²) in [6.07, 6.45) is 10.1. The van der Waals surface area contributed by atoms with Crippen LogP contribution >= 0.6 is 11.3 Å². The number of hydrogen-bond donors (Lipinski definition) is 1. The van der Waals surface area contributed by atoms with Gasteiger partial charge in [-0.1, -0.05) is 25.5 Å². The molecule has 2 aliphatic rings. The lowest BCUT2D eigenvalue weighted by Crippen LogP contribution is -2.34. The lowest BCUT2D eigenvalue weighted by atomic mass is 9.98. The second kappa shape index (κ2) is 11.5. The Morgan fingerprint density at radius 2 is 1.95 bits per heavy atom. The Balaban J connectivity index is 1.37. The number of benzene rings is 2. The predicted octanol–water partition coefficient (Wildman–Crippen LogP) is 6.61. The maximum Gasteiger partial charge on any atom is 0.345 e. The Hall–Kier alpha value is -3.13. The fourth-order valence-electron chi connectivity index (χ4n) is 4.98. The zero-order valence-electron chi connectivity index (χ0n) is 21.3. The highest BCUT2D eigenvalue weighted by Gasteiger charge is 2.22. The van der Waals surface area contributed by atoms with E-state index in [4.69, 9.17) is 14.2 Å². The van der Waals surface area contributed by atoms with Crippen molar-refractivity contribution in [2.24, 2.45) is 5.92 Å². The molecule has 2 unspecified atom stereocenters. The number of allylic oxidation sites excluding steroid dienone is 1. The number of ether oxygens (including phenoxy) is 3. The molecule has 7 heteroatoms. The van der Waals surface area contributed by atoms with E-state index in [9.17, 15) is 9.90 Å². The van der Waals surface area contributed by atoms with Gasteiger partial charge in [-0.15, -0.1) is 11.3 Å². The number of methoxy groups -OCH3 is 1. The molecule has 0 saturated carbocycles. The first-order chi connectivity index (χ1) is 18.0. The number of piperidine rings is 1. The van der Waals surface area contributed by atoms with E-state index in [1.807, 2.05) is 42.5 Å². The summed E-state index contributed by atoms with van der Waals surface area (Å²) in [4.78, 5) is 15.1. The number of carboxylic acids is 1. The van der Waals surface area contributed by atoms with Gasteiger partial charge in [-0.25, -0.2) is 4.79 Å². The van der Waals surface area contributed by atoms with Crippen molar-refractivity contribution in [1.82, 2.24) is 4.90 Å². The average Bonchev–Trinajstić information content (AvgIpc) is 3.41. The predicted molar refractivity (Wildman–Crippen MR) is 148 cm³/mol. The summed E-state index contributed by atoms with van der Waals surface area (Å²) >= 11 is 1.24. The van der Waals surface area contributed by atoms with Crippen molar-refractivity contribution >= 4 is 28.1 Å². The average molecular weight is 520 g/mol. The van der Waals surface area contributed by atoms with Crippen LogP contribution in [0.2, 0.25) is 0 Å². The fourth-order valence-corrected chi connectivity index (χ4v) is 5.84. The van der Waals surface area contributed by atoms with E-state index in [1.165, 1.54) is 43.7 Å². The molecular weight excluding hydrogens is 486 g/mol. The van der Waals surface area contributed by atoms with Crippen LogP contribution in [0.3, 0.4) is 0 Å². The minimum atomic E-state index is -0.928. The number of nitrogens with zero attached hydrogens (tertiary/aromatic N) is 1. The van der Waals surface area contributed by atoms with Gasteiger partial charge in [0.05, 0.1) is 19.8 Å². The van der Waals surface area contributed by atoms with E-state index >= 15 is 0 Å². The minimum Gasteiger partial charge on any atom is -0.497 e. The summed E-state index contributed by atoms with van der Waals surface area (Å²) in [5.74, 6) is 1.46. The number of carboxylic acid groups (broad SMARTS) is 1. The van der Waals surface area contributed by atoms with E-state index in [0.29, 0.717) is 10.6 Å². The second-order valence-corrected chi connectivity index (χ2v) is 10.7. The molecule has 2 atom stereocenters. The lowest BCUT2D eigenvalue weighted by Gasteiger charge is -2.28. The van der Waals surface area contributed by atoms with Crippen molar-refractivity contribution in [3.63, 3.8) is 0 Å². The molecule has 0 bridgehead atoms. The Labute approximate surface area is 221 Å². The van der Waals surface area contributed by atoms with E-state index in [0.717, 1.165) is 45.9 Å². The maximum atomic E-state index is 11.5. The molecule has 0 spiro atoms. The van der Waals surface area contributed by atoms with Crippen LogP contribution in [-0.4, -0.2) is 55.4 Å². The second-order valence-electron chi connectivity index (χ2n) is 9.63. The van der Waals surface area contributed by atoms with Crippen LogP contribution in [0.15, 0.2) is 66.5 Å². The van der Waals surface area contributed by atoms with Crippen LogP contribution in [0.5, 0.6) is 11.5 Å². The van der Waals surface area contributed by atoms with Gasteiger partial charge in [0.2, 0.25) is 0 Å². The topological polar surface area (TPSA) is 68.2 Å². The molecule has 2 aromatic carbocycles. The summed E-state index contributed by atoms with van der Waals surface area (Å²) in [7, 11) is 1.65. The molecule has 194 valence electrons. The molecule has 5 rings (SSSR count). The van der Waals surface area contributed by atoms with Crippen LogP contribution in [0, 0.1) is 5.92 Å². The van der Waals surface area contributed by atoms with Gasteiger partial charge in [0, 0.05) is 28.3 Å². The molecule has 1 aliphatic heterocycles. The minimum absolute atomic E-state index is 0.0174. The van der Waals surface area contributed by atoms with Gasteiger partial charge in [-0.2, -0.15) is 0 Å². The Morgan fingerprint density at radius 3 is 2.68 bits per heavy atom. The lowest BCUT2D eigenvalue weighted by molar-refractivity contribution is 0.0407. The molecule has 1 aliphatic carbocycles. The Kier molecular flexibility index (Phi) is 7.93. The molecule has 1 aromatic heterocycles. The number of carbonyl (C=O) groups is 1. The summed E-state index contributed by atoms with van der Waals surface area (Å²) < 4.78 is 18.2. The normalized spacial score (nSPS) is 20.1. The molecule has 2 heterocycles. The molecule has 1 fully saturated rings. The summed E-state index contributed by atoms with van der Waals surface area (Å²) in [6, 6.07) is 13.3. The maximum absolute atomic E-state index is 11.5. The van der Waals surface area contributed by atoms with E-state index < -0.39 is 5.97 Å². The molecule has 6 nitrogen and oxygen atoms in total. The highest BCUT2D eigenvalue weighted by Crippen LogP contribution is 2.42. The highest BCUT2D eigenvalue weighted by molar-refractivity contribution is 7.17. The number of rotatable bonds is 9. The first-order valence-electron chi connectivity index (χ1n) is 12.9. The van der Waals surface area contributed by atoms with Gasteiger partial charge in [0.25, 0.3) is 0 Å². The van der Waals surface area contributed by atoms with Gasteiger partial charge in [-0.3, -0.25) is 0 Å². The first-order valence-corrected chi connectivity index (χ1v) is 13.7. The number of aromatic carboxylic acids is 1. The van der Waals surface area contributed by atoms with Crippen LogP contribution in [0.25, 0.3) is 21.2 Å². The van der Waals surface area contributed by atoms with Crippen LogP contribution < -0.4 is 9.47 Å². The quantitative estimate of drug-likeness (QED) is 0.343. The third-order valence-corrected chi connectivity index (χ3v) is 8.15. The van der Waals surface area contributed by atoms with Crippen LogP contribution in [0.4, 0.5) is 0 Å². The molecule has 1 N–H and O–H groups in total.